The average Bonchev–Trinajstić information content (AvgIpc) is 3.62. The Bertz CT molecular complexity index is 3180. The van der Waals surface area contributed by atoms with Gasteiger partial charge in [0.25, 0.3) is 0 Å². The molecule has 5 nitrogen and oxygen atoms in total. The topological polar surface area (TPSA) is 60.8 Å². The number of hydrogen-bond acceptors (Lipinski definition) is 5. The van der Waals surface area contributed by atoms with Gasteiger partial charge < -0.3 is 4.74 Å². The van der Waals surface area contributed by atoms with Crippen LogP contribution in [0, 0.1) is 0 Å². The third-order valence-electron chi connectivity index (χ3n) is 12.1. The third kappa shape index (κ3) is 5.26. The summed E-state index contributed by atoms with van der Waals surface area (Å²) in [6.07, 6.45) is 1.84. The van der Waals surface area contributed by atoms with Crippen molar-refractivity contribution in [3.05, 3.63) is 229 Å². The van der Waals surface area contributed by atoms with Crippen LogP contribution in [-0.2, 0) is 5.41 Å². The molecule has 5 heteroatoms. The molecule has 1 spiro atoms. The van der Waals surface area contributed by atoms with Gasteiger partial charge >= 0.3 is 0 Å². The molecule has 2 aliphatic rings. The lowest BCUT2D eigenvalue weighted by Crippen LogP contribution is -2.32. The van der Waals surface area contributed by atoms with E-state index in [0.29, 0.717) is 17.5 Å². The molecule has 0 fully saturated rings. The van der Waals surface area contributed by atoms with Crippen LogP contribution in [0.2, 0.25) is 0 Å². The summed E-state index contributed by atoms with van der Waals surface area (Å²) < 4.78 is 7.11. The Balaban J connectivity index is 1.03. The van der Waals surface area contributed by atoms with E-state index >= 15 is 0 Å². The van der Waals surface area contributed by atoms with Gasteiger partial charge in [-0.3, -0.25) is 4.98 Å². The molecular weight excluding hydrogens is 733 g/mol. The summed E-state index contributed by atoms with van der Waals surface area (Å²) in [6, 6.07) is 70.2. The first kappa shape index (κ1) is 34.1. The van der Waals surface area contributed by atoms with Gasteiger partial charge in [-0.05, 0) is 68.8 Å². The van der Waals surface area contributed by atoms with Crippen LogP contribution in [0.25, 0.3) is 78.4 Å². The molecular formula is C55H34N4O. The monoisotopic (exact) mass is 766 g/mol. The molecule has 0 radical (unpaired) electrons. The van der Waals surface area contributed by atoms with Crippen LogP contribution in [0.3, 0.4) is 0 Å². The fraction of sp³-hybridized carbons (Fsp3) is 0.0182. The Morgan fingerprint density at radius 1 is 0.333 bits per heavy atom. The summed E-state index contributed by atoms with van der Waals surface area (Å²) in [5.41, 5.74) is 14.7. The summed E-state index contributed by atoms with van der Waals surface area (Å²) in [7, 11) is 0. The van der Waals surface area contributed by atoms with E-state index in [0.717, 1.165) is 66.9 Å². The van der Waals surface area contributed by atoms with Gasteiger partial charge in [0.15, 0.2) is 17.5 Å². The van der Waals surface area contributed by atoms with Crippen LogP contribution < -0.4 is 4.74 Å². The maximum Gasteiger partial charge on any atom is 0.164 e. The Kier molecular flexibility index (Phi) is 7.69. The SMILES string of the molecule is c1ccc(-c2nc(-c3ccccc3)nc(-c3ccc4c(c3)Oc3cc(-c5ccc(-c6cccc7ncccc67)cc5)ccc3C43c4ccccc4-c4ccccc43)n2)cc1. The largest absolute Gasteiger partial charge is 0.457 e. The lowest BCUT2D eigenvalue weighted by Gasteiger charge is -2.39. The fourth-order valence-corrected chi connectivity index (χ4v) is 9.37. The zero-order valence-corrected chi connectivity index (χ0v) is 32.3. The van der Waals surface area contributed by atoms with E-state index < -0.39 is 5.41 Å². The average molecular weight is 767 g/mol. The smallest absolute Gasteiger partial charge is 0.164 e. The standard InChI is InChI=1S/C55H34N4O/c1-3-13-37(14-4-1)52-57-53(38-15-5-2-6-16-38)59-54(58-52)40-29-31-48-51(34-40)60-50-33-39(35-24-26-36(27-25-35)41-19-11-23-49-44(41)20-12-32-56-49)28-30-47(50)55(48)45-21-9-7-17-42(45)43-18-8-10-22-46(43)55/h1-34H. The summed E-state index contributed by atoms with van der Waals surface area (Å²) in [6.45, 7) is 0. The van der Waals surface area contributed by atoms with Crippen molar-refractivity contribution >= 4 is 10.9 Å². The zero-order chi connectivity index (χ0) is 39.6. The van der Waals surface area contributed by atoms with Crippen LogP contribution >= 0.6 is 0 Å². The highest BCUT2D eigenvalue weighted by Crippen LogP contribution is 2.62. The van der Waals surface area contributed by atoms with E-state index in [1.165, 1.54) is 27.8 Å². The van der Waals surface area contributed by atoms with E-state index in [1.54, 1.807) is 0 Å². The molecule has 0 unspecified atom stereocenters. The molecule has 280 valence electrons. The Hall–Kier alpha value is -8.02. The first-order chi connectivity index (χ1) is 29.7. The highest BCUT2D eigenvalue weighted by Gasteiger charge is 2.51. The normalized spacial score (nSPS) is 12.9. The summed E-state index contributed by atoms with van der Waals surface area (Å²) >= 11 is 0. The minimum Gasteiger partial charge on any atom is -0.457 e. The van der Waals surface area contributed by atoms with Gasteiger partial charge in [-0.25, -0.2) is 15.0 Å². The minimum atomic E-state index is -0.608. The molecule has 0 amide bonds. The molecule has 12 rings (SSSR count). The van der Waals surface area contributed by atoms with Crippen molar-refractivity contribution in [2.24, 2.45) is 0 Å². The quantitative estimate of drug-likeness (QED) is 0.175. The first-order valence-electron chi connectivity index (χ1n) is 20.2. The van der Waals surface area contributed by atoms with Gasteiger partial charge in [0.2, 0.25) is 0 Å². The van der Waals surface area contributed by atoms with Crippen molar-refractivity contribution in [1.29, 1.82) is 0 Å². The summed E-state index contributed by atoms with van der Waals surface area (Å²) in [5.74, 6) is 3.40. The molecule has 1 aliphatic carbocycles. The van der Waals surface area contributed by atoms with Crippen molar-refractivity contribution in [2.45, 2.75) is 5.41 Å². The molecule has 1 aliphatic heterocycles. The van der Waals surface area contributed by atoms with Gasteiger partial charge in [0.1, 0.15) is 11.5 Å². The molecule has 0 atom stereocenters. The molecule has 8 aromatic carbocycles. The number of aromatic nitrogens is 4. The molecule has 0 saturated heterocycles. The van der Waals surface area contributed by atoms with Gasteiger partial charge in [-0.1, -0.05) is 176 Å². The lowest BCUT2D eigenvalue weighted by atomic mass is 9.66. The van der Waals surface area contributed by atoms with Crippen LogP contribution in [0.15, 0.2) is 206 Å². The van der Waals surface area contributed by atoms with E-state index in [4.69, 9.17) is 19.7 Å². The zero-order valence-electron chi connectivity index (χ0n) is 32.3. The van der Waals surface area contributed by atoms with Crippen molar-refractivity contribution in [3.8, 4) is 79.0 Å². The van der Waals surface area contributed by atoms with Crippen molar-refractivity contribution in [1.82, 2.24) is 19.9 Å². The number of benzene rings is 8. The second-order valence-corrected chi connectivity index (χ2v) is 15.4. The molecule has 0 N–H and O–H groups in total. The predicted octanol–water partition coefficient (Wildman–Crippen LogP) is 13.2. The molecule has 0 bridgehead atoms. The van der Waals surface area contributed by atoms with Crippen LogP contribution in [0.1, 0.15) is 22.3 Å². The van der Waals surface area contributed by atoms with Crippen LogP contribution in [0.4, 0.5) is 0 Å². The van der Waals surface area contributed by atoms with Crippen LogP contribution in [0.5, 0.6) is 11.5 Å². The van der Waals surface area contributed by atoms with E-state index in [-0.39, 0.29) is 0 Å². The van der Waals surface area contributed by atoms with E-state index in [9.17, 15) is 0 Å². The molecule has 60 heavy (non-hydrogen) atoms. The van der Waals surface area contributed by atoms with Gasteiger partial charge in [-0.2, -0.15) is 0 Å². The third-order valence-corrected chi connectivity index (χ3v) is 12.1. The predicted molar refractivity (Wildman–Crippen MR) is 240 cm³/mol. The molecule has 0 saturated carbocycles. The second-order valence-electron chi connectivity index (χ2n) is 15.4. The highest BCUT2D eigenvalue weighted by molar-refractivity contribution is 5.95. The molecule has 2 aromatic heterocycles. The van der Waals surface area contributed by atoms with Crippen molar-refractivity contribution < 1.29 is 4.74 Å². The fourth-order valence-electron chi connectivity index (χ4n) is 9.37. The maximum atomic E-state index is 7.11. The molecule has 3 heterocycles. The van der Waals surface area contributed by atoms with Gasteiger partial charge in [0, 0.05) is 39.4 Å². The summed E-state index contributed by atoms with van der Waals surface area (Å²) in [4.78, 5) is 19.7. The maximum absolute atomic E-state index is 7.11. The second kappa shape index (κ2) is 13.5. The number of rotatable bonds is 5. The summed E-state index contributed by atoms with van der Waals surface area (Å²) in [5, 5.41) is 1.14. The highest BCUT2D eigenvalue weighted by atomic mass is 16.5. The van der Waals surface area contributed by atoms with Gasteiger partial charge in [-0.15, -0.1) is 0 Å². The Morgan fingerprint density at radius 2 is 0.833 bits per heavy atom. The van der Waals surface area contributed by atoms with Gasteiger partial charge in [0.05, 0.1) is 10.9 Å². The Labute approximate surface area is 347 Å². The number of hydrogen-bond donors (Lipinski definition) is 0. The van der Waals surface area contributed by atoms with E-state index in [2.05, 4.69) is 138 Å². The number of pyridine rings is 1. The van der Waals surface area contributed by atoms with Crippen molar-refractivity contribution in [2.75, 3.05) is 0 Å². The lowest BCUT2D eigenvalue weighted by molar-refractivity contribution is 0.437. The minimum absolute atomic E-state index is 0.581. The Morgan fingerprint density at radius 3 is 1.47 bits per heavy atom. The molecule has 10 aromatic rings. The number of ether oxygens (including phenoxy) is 1. The number of nitrogens with zero attached hydrogens (tertiary/aromatic N) is 4. The first-order valence-corrected chi connectivity index (χ1v) is 20.2. The van der Waals surface area contributed by atoms with Crippen LogP contribution in [-0.4, -0.2) is 19.9 Å². The number of fused-ring (bicyclic) bond motifs is 10. The van der Waals surface area contributed by atoms with E-state index in [1.807, 2.05) is 72.9 Å². The van der Waals surface area contributed by atoms with Crippen molar-refractivity contribution in [3.63, 3.8) is 0 Å².